The van der Waals surface area contributed by atoms with Crippen LogP contribution in [0.4, 0.5) is 13.2 Å². The third-order valence-electron chi connectivity index (χ3n) is 2.24. The first-order chi connectivity index (χ1) is 8.91. The summed E-state index contributed by atoms with van der Waals surface area (Å²) in [6.07, 6.45) is -3.37. The Bertz CT molecular complexity index is 593. The van der Waals surface area contributed by atoms with Gasteiger partial charge in [-0.15, -0.1) is 0 Å². The Labute approximate surface area is 110 Å². The van der Waals surface area contributed by atoms with Crippen molar-refractivity contribution in [2.45, 2.75) is 6.18 Å². The third kappa shape index (κ3) is 2.90. The number of carbonyl (C=O) groups is 1. The van der Waals surface area contributed by atoms with Crippen molar-refractivity contribution in [3.8, 4) is 10.4 Å². The van der Waals surface area contributed by atoms with Gasteiger partial charge < -0.3 is 4.74 Å². The first kappa shape index (κ1) is 13.5. The lowest BCUT2D eigenvalue weighted by Crippen LogP contribution is -2.07. The quantitative estimate of drug-likeness (QED) is 0.797. The van der Waals surface area contributed by atoms with Crippen molar-refractivity contribution in [2.75, 3.05) is 7.11 Å². The Morgan fingerprint density at radius 1 is 1.37 bits per heavy atom. The Morgan fingerprint density at radius 3 is 2.63 bits per heavy atom. The van der Waals surface area contributed by atoms with E-state index < -0.39 is 17.8 Å². The average Bonchev–Trinajstić information content (AvgIpc) is 2.86. The average molecular weight is 288 g/mol. The summed E-state index contributed by atoms with van der Waals surface area (Å²) in [5.41, 5.74) is -0.392. The molecule has 0 bridgehead atoms. The van der Waals surface area contributed by atoms with Gasteiger partial charge in [0, 0.05) is 11.8 Å². The van der Waals surface area contributed by atoms with Crippen LogP contribution in [0, 0.1) is 0 Å². The standard InChI is InChI=1S/C11H7F3N2O2S/c1-18-10(17)7-4-8(19-16-7)6-2-3-9(15-5-6)11(12,13)14/h2-5H,1H3. The molecule has 0 aliphatic carbocycles. The fourth-order valence-electron chi connectivity index (χ4n) is 1.32. The molecule has 0 atom stereocenters. The SMILES string of the molecule is COC(=O)c1cc(-c2ccc(C(F)(F)F)nc2)sn1. The summed E-state index contributed by atoms with van der Waals surface area (Å²) in [7, 11) is 1.22. The maximum absolute atomic E-state index is 12.3. The van der Waals surface area contributed by atoms with Crippen molar-refractivity contribution < 1.29 is 22.7 Å². The normalized spacial score (nSPS) is 11.4. The number of hydrogen-bond acceptors (Lipinski definition) is 5. The molecule has 2 aromatic rings. The number of ether oxygens (including phenoxy) is 1. The Hall–Kier alpha value is -1.96. The summed E-state index contributed by atoms with van der Waals surface area (Å²) in [6.45, 7) is 0. The molecular weight excluding hydrogens is 281 g/mol. The molecule has 0 amide bonds. The number of pyridine rings is 1. The minimum atomic E-state index is -4.47. The number of halogens is 3. The molecule has 4 nitrogen and oxygen atoms in total. The van der Waals surface area contributed by atoms with Gasteiger partial charge in [-0.1, -0.05) is 0 Å². The number of hydrogen-bond donors (Lipinski definition) is 0. The molecule has 0 aliphatic rings. The summed E-state index contributed by atoms with van der Waals surface area (Å²) in [4.78, 5) is 15.1. The second-order valence-electron chi connectivity index (χ2n) is 3.50. The van der Waals surface area contributed by atoms with Crippen LogP contribution in [0.2, 0.25) is 0 Å². The topological polar surface area (TPSA) is 52.1 Å². The van der Waals surface area contributed by atoms with E-state index in [0.29, 0.717) is 10.4 Å². The lowest BCUT2D eigenvalue weighted by molar-refractivity contribution is -0.141. The van der Waals surface area contributed by atoms with E-state index in [9.17, 15) is 18.0 Å². The van der Waals surface area contributed by atoms with Crippen molar-refractivity contribution >= 4 is 17.5 Å². The van der Waals surface area contributed by atoms with E-state index in [1.807, 2.05) is 0 Å². The monoisotopic (exact) mass is 288 g/mol. The van der Waals surface area contributed by atoms with Crippen molar-refractivity contribution in [1.82, 2.24) is 9.36 Å². The number of aromatic nitrogens is 2. The first-order valence-electron chi connectivity index (χ1n) is 5.00. The van der Waals surface area contributed by atoms with E-state index in [1.165, 1.54) is 19.2 Å². The van der Waals surface area contributed by atoms with Crippen molar-refractivity contribution in [2.24, 2.45) is 0 Å². The van der Waals surface area contributed by atoms with Gasteiger partial charge in [0.2, 0.25) is 0 Å². The Balaban J connectivity index is 2.28. The highest BCUT2D eigenvalue weighted by atomic mass is 32.1. The van der Waals surface area contributed by atoms with E-state index in [-0.39, 0.29) is 5.69 Å². The highest BCUT2D eigenvalue weighted by Gasteiger charge is 2.32. The minimum absolute atomic E-state index is 0.113. The van der Waals surface area contributed by atoms with Crippen LogP contribution < -0.4 is 0 Å². The fraction of sp³-hybridized carbons (Fsp3) is 0.182. The molecular formula is C11H7F3N2O2S. The van der Waals surface area contributed by atoms with Crippen LogP contribution in [0.3, 0.4) is 0 Å². The Kier molecular flexibility index (Phi) is 3.52. The lowest BCUT2D eigenvalue weighted by atomic mass is 10.2. The molecule has 0 aliphatic heterocycles. The van der Waals surface area contributed by atoms with Crippen LogP contribution in [0.15, 0.2) is 24.4 Å². The zero-order chi connectivity index (χ0) is 14.0. The summed E-state index contributed by atoms with van der Waals surface area (Å²) >= 11 is 0.988. The largest absolute Gasteiger partial charge is 0.464 e. The summed E-state index contributed by atoms with van der Waals surface area (Å²) in [5.74, 6) is -0.595. The number of rotatable bonds is 2. The number of esters is 1. The zero-order valence-electron chi connectivity index (χ0n) is 9.56. The van der Waals surface area contributed by atoms with Gasteiger partial charge in [0.25, 0.3) is 0 Å². The molecule has 2 rings (SSSR count). The summed E-state index contributed by atoms with van der Waals surface area (Å²) in [5, 5.41) is 0. The number of carbonyl (C=O) groups excluding carboxylic acids is 1. The number of methoxy groups -OCH3 is 1. The second kappa shape index (κ2) is 4.96. The molecule has 2 aromatic heterocycles. The Morgan fingerprint density at radius 2 is 2.11 bits per heavy atom. The van der Waals surface area contributed by atoms with Gasteiger partial charge in [0.1, 0.15) is 5.69 Å². The molecule has 0 unspecified atom stereocenters. The molecule has 8 heteroatoms. The van der Waals surface area contributed by atoms with Crippen LogP contribution >= 0.6 is 11.5 Å². The molecule has 0 saturated carbocycles. The highest BCUT2D eigenvalue weighted by molar-refractivity contribution is 7.09. The van der Waals surface area contributed by atoms with Gasteiger partial charge in [-0.2, -0.15) is 17.5 Å². The molecule has 0 N–H and O–H groups in total. The van der Waals surface area contributed by atoms with Gasteiger partial charge in [0.05, 0.1) is 12.0 Å². The second-order valence-corrected chi connectivity index (χ2v) is 4.30. The molecule has 19 heavy (non-hydrogen) atoms. The van der Waals surface area contributed by atoms with Gasteiger partial charge in [-0.25, -0.2) is 4.79 Å². The molecule has 0 spiro atoms. The van der Waals surface area contributed by atoms with E-state index in [4.69, 9.17) is 0 Å². The predicted octanol–water partition coefficient (Wildman–Crippen LogP) is 3.01. The van der Waals surface area contributed by atoms with Crippen molar-refractivity contribution in [3.05, 3.63) is 35.8 Å². The smallest absolute Gasteiger partial charge is 0.433 e. The highest BCUT2D eigenvalue weighted by Crippen LogP contribution is 2.30. The van der Waals surface area contributed by atoms with Gasteiger partial charge in [-0.05, 0) is 29.7 Å². The number of alkyl halides is 3. The van der Waals surface area contributed by atoms with Crippen molar-refractivity contribution in [1.29, 1.82) is 0 Å². The van der Waals surface area contributed by atoms with E-state index in [2.05, 4.69) is 14.1 Å². The maximum atomic E-state index is 12.3. The van der Waals surface area contributed by atoms with Gasteiger partial charge >= 0.3 is 12.1 Å². The lowest BCUT2D eigenvalue weighted by Gasteiger charge is -2.05. The molecule has 100 valence electrons. The van der Waals surface area contributed by atoms with E-state index >= 15 is 0 Å². The zero-order valence-corrected chi connectivity index (χ0v) is 10.4. The van der Waals surface area contributed by atoms with E-state index in [1.54, 1.807) is 0 Å². The molecule has 0 aromatic carbocycles. The molecule has 0 saturated heterocycles. The molecule has 0 radical (unpaired) electrons. The summed E-state index contributed by atoms with van der Waals surface area (Å²) in [6, 6.07) is 3.61. The van der Waals surface area contributed by atoms with Crippen LogP contribution in [-0.4, -0.2) is 22.4 Å². The van der Waals surface area contributed by atoms with Crippen LogP contribution in [0.25, 0.3) is 10.4 Å². The first-order valence-corrected chi connectivity index (χ1v) is 5.78. The van der Waals surface area contributed by atoms with Crippen LogP contribution in [0.5, 0.6) is 0 Å². The van der Waals surface area contributed by atoms with Crippen molar-refractivity contribution in [3.63, 3.8) is 0 Å². The predicted molar refractivity (Wildman–Crippen MR) is 61.7 cm³/mol. The molecule has 2 heterocycles. The third-order valence-corrected chi connectivity index (χ3v) is 3.08. The molecule has 0 fully saturated rings. The van der Waals surface area contributed by atoms with Gasteiger partial charge in [-0.3, -0.25) is 4.98 Å². The van der Waals surface area contributed by atoms with Gasteiger partial charge in [0.15, 0.2) is 5.69 Å². The fourth-order valence-corrected chi connectivity index (χ4v) is 2.03. The van der Waals surface area contributed by atoms with E-state index in [0.717, 1.165) is 23.8 Å². The summed E-state index contributed by atoms with van der Waals surface area (Å²) < 4.78 is 45.4. The number of nitrogens with zero attached hydrogens (tertiary/aromatic N) is 2. The maximum Gasteiger partial charge on any atom is 0.433 e. The van der Waals surface area contributed by atoms with Crippen LogP contribution in [0.1, 0.15) is 16.2 Å². The minimum Gasteiger partial charge on any atom is -0.464 e. The van der Waals surface area contributed by atoms with Crippen LogP contribution in [-0.2, 0) is 10.9 Å².